The molecule has 2 aliphatic heterocycles. The number of hydrogen-bond donors (Lipinski definition) is 0. The number of nitrogens with zero attached hydrogens (tertiary/aromatic N) is 5. The van der Waals surface area contributed by atoms with Crippen molar-refractivity contribution in [3.05, 3.63) is 40.7 Å². The number of carbonyl (C=O) groups is 1. The number of rotatable bonds is 4. The van der Waals surface area contributed by atoms with Crippen molar-refractivity contribution in [3.63, 3.8) is 0 Å². The van der Waals surface area contributed by atoms with Crippen LogP contribution in [0.25, 0.3) is 23.0 Å². The van der Waals surface area contributed by atoms with E-state index in [1.807, 2.05) is 0 Å². The highest BCUT2D eigenvalue weighted by Gasteiger charge is 2.22. The first-order valence-corrected chi connectivity index (χ1v) is 10.2. The van der Waals surface area contributed by atoms with Crippen molar-refractivity contribution >= 4 is 5.91 Å². The summed E-state index contributed by atoms with van der Waals surface area (Å²) in [6, 6.07) is 8.19. The molecule has 1 unspecified atom stereocenters. The van der Waals surface area contributed by atoms with E-state index in [9.17, 15) is 9.59 Å². The molecule has 5 rings (SSSR count). The molecule has 1 amide bonds. The van der Waals surface area contributed by atoms with Crippen LogP contribution in [0.4, 0.5) is 0 Å². The molecule has 3 aromatic rings. The number of amides is 1. The van der Waals surface area contributed by atoms with Gasteiger partial charge in [0.25, 0.3) is 11.4 Å². The third kappa shape index (κ3) is 3.88. The van der Waals surface area contributed by atoms with Gasteiger partial charge in [-0.1, -0.05) is 12.1 Å². The molecule has 0 N–H and O–H groups in total. The van der Waals surface area contributed by atoms with E-state index < -0.39 is 0 Å². The molecular formula is C21H21N5O5. The number of carbonyl (C=O) groups excluding carboxylic acids is 1. The molecule has 1 saturated heterocycles. The third-order valence-electron chi connectivity index (χ3n) is 5.44. The van der Waals surface area contributed by atoms with Gasteiger partial charge in [-0.05, 0) is 43.0 Å². The van der Waals surface area contributed by atoms with Gasteiger partial charge in [-0.15, -0.1) is 0 Å². The highest BCUT2D eigenvalue weighted by atomic mass is 16.7. The summed E-state index contributed by atoms with van der Waals surface area (Å²) in [7, 11) is 0. The largest absolute Gasteiger partial charge is 0.454 e. The molecule has 0 radical (unpaired) electrons. The summed E-state index contributed by atoms with van der Waals surface area (Å²) in [5.74, 6) is 2.12. The van der Waals surface area contributed by atoms with Crippen LogP contribution in [-0.4, -0.2) is 50.6 Å². The fourth-order valence-electron chi connectivity index (χ4n) is 3.80. The van der Waals surface area contributed by atoms with Gasteiger partial charge in [-0.3, -0.25) is 9.59 Å². The number of aromatic nitrogens is 4. The van der Waals surface area contributed by atoms with Crippen LogP contribution < -0.4 is 15.0 Å². The highest BCUT2D eigenvalue weighted by Crippen LogP contribution is 2.35. The lowest BCUT2D eigenvalue weighted by molar-refractivity contribution is -0.133. The van der Waals surface area contributed by atoms with Crippen molar-refractivity contribution in [2.75, 3.05) is 19.9 Å². The van der Waals surface area contributed by atoms with E-state index in [1.165, 1.54) is 12.1 Å². The molecule has 10 heteroatoms. The van der Waals surface area contributed by atoms with Gasteiger partial charge < -0.3 is 18.9 Å². The first-order valence-electron chi connectivity index (χ1n) is 10.2. The molecule has 1 fully saturated rings. The molecule has 31 heavy (non-hydrogen) atoms. The SMILES string of the molecule is CC1CCCN(C(=O)Cn2nc(-c3nc(-c4ccc5c(c4)OCO5)no3)ccc2=O)C1. The summed E-state index contributed by atoms with van der Waals surface area (Å²) in [5, 5.41) is 8.28. The molecule has 1 aromatic carbocycles. The average molecular weight is 423 g/mol. The minimum Gasteiger partial charge on any atom is -0.454 e. The Balaban J connectivity index is 1.37. The zero-order valence-corrected chi connectivity index (χ0v) is 17.0. The van der Waals surface area contributed by atoms with Crippen LogP contribution in [0.1, 0.15) is 19.8 Å². The number of hydrogen-bond acceptors (Lipinski definition) is 8. The quantitative estimate of drug-likeness (QED) is 0.626. The monoisotopic (exact) mass is 423 g/mol. The van der Waals surface area contributed by atoms with Crippen molar-refractivity contribution in [1.29, 1.82) is 0 Å². The van der Waals surface area contributed by atoms with E-state index in [1.54, 1.807) is 23.1 Å². The summed E-state index contributed by atoms with van der Waals surface area (Å²) < 4.78 is 17.2. The molecule has 10 nitrogen and oxygen atoms in total. The van der Waals surface area contributed by atoms with Gasteiger partial charge in [0, 0.05) is 24.7 Å². The van der Waals surface area contributed by atoms with Gasteiger partial charge in [-0.2, -0.15) is 10.1 Å². The maximum atomic E-state index is 12.6. The topological polar surface area (TPSA) is 113 Å². The third-order valence-corrected chi connectivity index (χ3v) is 5.44. The van der Waals surface area contributed by atoms with Crippen molar-refractivity contribution in [2.45, 2.75) is 26.3 Å². The Labute approximate surface area is 177 Å². The lowest BCUT2D eigenvalue weighted by Gasteiger charge is -2.30. The summed E-state index contributed by atoms with van der Waals surface area (Å²) in [6.45, 7) is 3.59. The predicted octanol–water partition coefficient (Wildman–Crippen LogP) is 1.95. The number of fused-ring (bicyclic) bond motifs is 1. The minimum absolute atomic E-state index is 0.120. The van der Waals surface area contributed by atoms with Crippen LogP contribution in [0, 0.1) is 5.92 Å². The lowest BCUT2D eigenvalue weighted by atomic mass is 10.0. The molecule has 0 aliphatic carbocycles. The predicted molar refractivity (Wildman–Crippen MR) is 108 cm³/mol. The van der Waals surface area contributed by atoms with Crippen molar-refractivity contribution < 1.29 is 18.8 Å². The molecule has 0 spiro atoms. The van der Waals surface area contributed by atoms with Crippen LogP contribution in [0.2, 0.25) is 0 Å². The molecule has 0 saturated carbocycles. The maximum absolute atomic E-state index is 12.6. The van der Waals surface area contributed by atoms with E-state index in [2.05, 4.69) is 22.2 Å². The Morgan fingerprint density at radius 2 is 2.06 bits per heavy atom. The molecule has 2 aliphatic rings. The molecule has 160 valence electrons. The zero-order valence-electron chi connectivity index (χ0n) is 17.0. The van der Waals surface area contributed by atoms with Crippen LogP contribution in [0.15, 0.2) is 39.6 Å². The van der Waals surface area contributed by atoms with Gasteiger partial charge in [0.2, 0.25) is 18.5 Å². The van der Waals surface area contributed by atoms with Crippen LogP contribution in [0.3, 0.4) is 0 Å². The maximum Gasteiger partial charge on any atom is 0.278 e. The van der Waals surface area contributed by atoms with Crippen LogP contribution in [0.5, 0.6) is 11.5 Å². The smallest absolute Gasteiger partial charge is 0.278 e. The molecule has 1 atom stereocenters. The van der Waals surface area contributed by atoms with E-state index in [4.69, 9.17) is 14.0 Å². The fraction of sp³-hybridized carbons (Fsp3) is 0.381. The summed E-state index contributed by atoms with van der Waals surface area (Å²) in [5.41, 5.74) is 0.651. The Hall–Kier alpha value is -3.69. The molecule has 4 heterocycles. The van der Waals surface area contributed by atoms with E-state index in [0.717, 1.165) is 17.5 Å². The van der Waals surface area contributed by atoms with Crippen molar-refractivity contribution in [1.82, 2.24) is 24.8 Å². The highest BCUT2D eigenvalue weighted by molar-refractivity contribution is 5.76. The average Bonchev–Trinajstić information content (AvgIpc) is 3.44. The molecule has 2 aromatic heterocycles. The van der Waals surface area contributed by atoms with Crippen molar-refractivity contribution in [2.24, 2.45) is 5.92 Å². The van der Waals surface area contributed by atoms with Gasteiger partial charge in [0.05, 0.1) is 0 Å². The van der Waals surface area contributed by atoms with Crippen LogP contribution >= 0.6 is 0 Å². The zero-order chi connectivity index (χ0) is 21.4. The standard InChI is InChI=1S/C21H21N5O5/c1-13-3-2-8-25(10-13)19(28)11-26-18(27)7-5-15(23-26)21-22-20(24-31-21)14-4-6-16-17(9-14)30-12-29-16/h4-7,9,13H,2-3,8,10-12H2,1H3. The Bertz CT molecular complexity index is 1190. The first-order chi connectivity index (χ1) is 15.1. The normalized spacial score (nSPS) is 17.7. The minimum atomic E-state index is -0.363. The summed E-state index contributed by atoms with van der Waals surface area (Å²) in [4.78, 5) is 31.1. The number of likely N-dealkylation sites (tertiary alicyclic amines) is 1. The fourth-order valence-corrected chi connectivity index (χ4v) is 3.80. The second-order valence-corrected chi connectivity index (χ2v) is 7.79. The van der Waals surface area contributed by atoms with E-state index >= 15 is 0 Å². The van der Waals surface area contributed by atoms with Gasteiger partial charge >= 0.3 is 0 Å². The Kier molecular flexibility index (Phi) is 4.89. The van der Waals surface area contributed by atoms with Crippen molar-refractivity contribution in [3.8, 4) is 34.5 Å². The number of piperidine rings is 1. The van der Waals surface area contributed by atoms with Crippen LogP contribution in [-0.2, 0) is 11.3 Å². The van der Waals surface area contributed by atoms with E-state index in [0.29, 0.717) is 47.6 Å². The second-order valence-electron chi connectivity index (χ2n) is 7.79. The van der Waals surface area contributed by atoms with Gasteiger partial charge in [0.15, 0.2) is 11.5 Å². The summed E-state index contributed by atoms with van der Waals surface area (Å²) in [6.07, 6.45) is 2.08. The Morgan fingerprint density at radius 3 is 2.94 bits per heavy atom. The van der Waals surface area contributed by atoms with Gasteiger partial charge in [-0.25, -0.2) is 4.68 Å². The molecular weight excluding hydrogens is 402 g/mol. The Morgan fingerprint density at radius 1 is 1.19 bits per heavy atom. The van der Waals surface area contributed by atoms with E-state index in [-0.39, 0.29) is 30.7 Å². The second kappa shape index (κ2) is 7.86. The number of benzene rings is 1. The first kappa shape index (κ1) is 19.3. The van der Waals surface area contributed by atoms with Gasteiger partial charge in [0.1, 0.15) is 12.2 Å². The lowest BCUT2D eigenvalue weighted by Crippen LogP contribution is -2.42. The molecule has 0 bridgehead atoms. The summed E-state index contributed by atoms with van der Waals surface area (Å²) >= 11 is 0. The number of ether oxygens (including phenoxy) is 2.